The molecule has 2 rings (SSSR count). The minimum Gasteiger partial charge on any atom is -0.348 e. The molecule has 0 bridgehead atoms. The highest BCUT2D eigenvalue weighted by Gasteiger charge is 2.18. The molecule has 6 nitrogen and oxygen atoms in total. The molecule has 0 aromatic carbocycles. The maximum atomic E-state index is 12.1. The van der Waals surface area contributed by atoms with Gasteiger partial charge in [-0.1, -0.05) is 0 Å². The fourth-order valence-corrected chi connectivity index (χ4v) is 2.50. The van der Waals surface area contributed by atoms with Crippen LogP contribution in [0.25, 0.3) is 0 Å². The van der Waals surface area contributed by atoms with Crippen LogP contribution in [-0.4, -0.2) is 25.2 Å². The van der Waals surface area contributed by atoms with Crippen molar-refractivity contribution in [1.29, 1.82) is 0 Å². The molecule has 2 heterocycles. The first-order valence-electron chi connectivity index (χ1n) is 6.67. The van der Waals surface area contributed by atoms with Crippen molar-refractivity contribution in [3.63, 3.8) is 0 Å². The van der Waals surface area contributed by atoms with Gasteiger partial charge in [0.15, 0.2) is 0 Å². The Morgan fingerprint density at radius 3 is 2.60 bits per heavy atom. The van der Waals surface area contributed by atoms with Crippen LogP contribution in [0.15, 0.2) is 12.4 Å². The van der Waals surface area contributed by atoms with Crippen molar-refractivity contribution in [3.05, 3.63) is 35.2 Å². The second-order valence-electron chi connectivity index (χ2n) is 5.10. The van der Waals surface area contributed by atoms with Crippen LogP contribution in [0.5, 0.6) is 0 Å². The van der Waals surface area contributed by atoms with Gasteiger partial charge >= 0.3 is 0 Å². The number of amides is 1. The molecular formula is C14H21N5O. The van der Waals surface area contributed by atoms with E-state index in [9.17, 15) is 4.79 Å². The molecule has 1 atom stereocenters. The number of nitrogens with one attached hydrogen (secondary N) is 1. The molecule has 0 saturated carbocycles. The minimum atomic E-state index is -0.0555. The summed E-state index contributed by atoms with van der Waals surface area (Å²) in [5.41, 5.74) is 3.12. The highest BCUT2D eigenvalue weighted by atomic mass is 16.2. The van der Waals surface area contributed by atoms with E-state index in [1.54, 1.807) is 12.4 Å². The summed E-state index contributed by atoms with van der Waals surface area (Å²) in [5.74, 6) is 0.808. The Kier molecular flexibility index (Phi) is 3.92. The number of rotatable bonds is 4. The predicted octanol–water partition coefficient (Wildman–Crippen LogP) is 1.42. The van der Waals surface area contributed by atoms with Crippen LogP contribution in [0.1, 0.15) is 35.7 Å². The van der Waals surface area contributed by atoms with Crippen LogP contribution in [0.3, 0.4) is 0 Å². The van der Waals surface area contributed by atoms with E-state index in [2.05, 4.69) is 15.4 Å². The number of hydrogen-bond donors (Lipinski definition) is 1. The van der Waals surface area contributed by atoms with Gasteiger partial charge in [0, 0.05) is 30.7 Å². The highest BCUT2D eigenvalue weighted by Crippen LogP contribution is 2.20. The molecule has 0 aliphatic heterocycles. The van der Waals surface area contributed by atoms with Gasteiger partial charge in [-0.05, 0) is 27.7 Å². The zero-order chi connectivity index (χ0) is 14.9. The Morgan fingerprint density at radius 1 is 1.40 bits per heavy atom. The molecule has 1 amide bonds. The minimum absolute atomic E-state index is 0.0266. The Bertz CT molecular complexity index is 626. The lowest BCUT2D eigenvalue weighted by Gasteiger charge is -2.15. The molecule has 1 unspecified atom stereocenters. The first-order chi connectivity index (χ1) is 9.40. The molecule has 0 fully saturated rings. The second kappa shape index (κ2) is 5.48. The second-order valence-corrected chi connectivity index (χ2v) is 5.10. The number of imidazole rings is 1. The molecule has 0 aliphatic rings. The van der Waals surface area contributed by atoms with Gasteiger partial charge in [-0.25, -0.2) is 4.98 Å². The van der Waals surface area contributed by atoms with Crippen LogP contribution < -0.4 is 5.32 Å². The van der Waals surface area contributed by atoms with Gasteiger partial charge in [0.1, 0.15) is 12.4 Å². The standard InChI is InChI=1S/C14H21N5O/c1-9(14-10(2)17-18(5)11(14)3)16-13(20)8-19-7-6-15-12(19)4/h6-7,9H,8H2,1-5H3,(H,16,20). The monoisotopic (exact) mass is 275 g/mol. The summed E-state index contributed by atoms with van der Waals surface area (Å²) in [6.07, 6.45) is 3.50. The largest absolute Gasteiger partial charge is 0.348 e. The molecule has 6 heteroatoms. The fourth-order valence-electron chi connectivity index (χ4n) is 2.50. The smallest absolute Gasteiger partial charge is 0.240 e. The van der Waals surface area contributed by atoms with Crippen LogP contribution in [0.4, 0.5) is 0 Å². The normalized spacial score (nSPS) is 12.4. The summed E-state index contributed by atoms with van der Waals surface area (Å²) in [6, 6.07) is -0.0555. The van der Waals surface area contributed by atoms with Crippen molar-refractivity contribution < 1.29 is 4.79 Å². The molecule has 1 N–H and O–H groups in total. The van der Waals surface area contributed by atoms with E-state index >= 15 is 0 Å². The van der Waals surface area contributed by atoms with Crippen LogP contribution in [0.2, 0.25) is 0 Å². The van der Waals surface area contributed by atoms with E-state index in [-0.39, 0.29) is 18.5 Å². The molecule has 0 saturated heterocycles. The summed E-state index contributed by atoms with van der Waals surface area (Å²) in [5, 5.41) is 7.39. The fraction of sp³-hybridized carbons (Fsp3) is 0.500. The van der Waals surface area contributed by atoms with E-state index in [1.807, 2.05) is 44.0 Å². The third-order valence-corrected chi connectivity index (χ3v) is 3.61. The Balaban J connectivity index is 2.06. The molecule has 108 valence electrons. The van der Waals surface area contributed by atoms with Gasteiger partial charge < -0.3 is 9.88 Å². The van der Waals surface area contributed by atoms with Gasteiger partial charge in [0.25, 0.3) is 0 Å². The summed E-state index contributed by atoms with van der Waals surface area (Å²) in [4.78, 5) is 16.2. The number of aryl methyl sites for hydroxylation is 3. The molecule has 0 aliphatic carbocycles. The average molecular weight is 275 g/mol. The van der Waals surface area contributed by atoms with Crippen molar-refractivity contribution in [1.82, 2.24) is 24.6 Å². The zero-order valence-electron chi connectivity index (χ0n) is 12.6. The number of hydrogen-bond acceptors (Lipinski definition) is 3. The molecule has 2 aromatic heterocycles. The van der Waals surface area contributed by atoms with Crippen molar-refractivity contribution in [2.75, 3.05) is 0 Å². The molecule has 0 spiro atoms. The van der Waals surface area contributed by atoms with Gasteiger partial charge in [-0.3, -0.25) is 9.48 Å². The Labute approximate surface area is 118 Å². The number of carbonyl (C=O) groups excluding carboxylic acids is 1. The van der Waals surface area contributed by atoms with Crippen LogP contribution in [-0.2, 0) is 18.4 Å². The summed E-state index contributed by atoms with van der Waals surface area (Å²) in [6.45, 7) is 8.12. The predicted molar refractivity (Wildman–Crippen MR) is 76.2 cm³/mol. The molecule has 20 heavy (non-hydrogen) atoms. The topological polar surface area (TPSA) is 64.7 Å². The highest BCUT2D eigenvalue weighted by molar-refractivity contribution is 5.76. The Hall–Kier alpha value is -2.11. The van der Waals surface area contributed by atoms with Crippen LogP contribution >= 0.6 is 0 Å². The maximum absolute atomic E-state index is 12.1. The lowest BCUT2D eigenvalue weighted by Crippen LogP contribution is -2.30. The van der Waals surface area contributed by atoms with Gasteiger partial charge in [-0.2, -0.15) is 5.10 Å². The molecule has 2 aromatic rings. The number of carbonyl (C=O) groups is 1. The first-order valence-corrected chi connectivity index (χ1v) is 6.67. The lowest BCUT2D eigenvalue weighted by atomic mass is 10.1. The molecular weight excluding hydrogens is 254 g/mol. The van der Waals surface area contributed by atoms with Crippen molar-refractivity contribution in [3.8, 4) is 0 Å². The zero-order valence-corrected chi connectivity index (χ0v) is 12.6. The van der Waals surface area contributed by atoms with Gasteiger partial charge in [-0.15, -0.1) is 0 Å². The van der Waals surface area contributed by atoms with Crippen molar-refractivity contribution in [2.45, 2.75) is 40.3 Å². The average Bonchev–Trinajstić information content (AvgIpc) is 2.84. The van der Waals surface area contributed by atoms with Crippen LogP contribution in [0, 0.1) is 20.8 Å². The summed E-state index contributed by atoms with van der Waals surface area (Å²) >= 11 is 0. The summed E-state index contributed by atoms with van der Waals surface area (Å²) in [7, 11) is 1.91. The van der Waals surface area contributed by atoms with Gasteiger partial charge in [0.05, 0.1) is 11.7 Å². The Morgan fingerprint density at radius 2 is 2.10 bits per heavy atom. The number of nitrogens with zero attached hydrogens (tertiary/aromatic N) is 4. The first kappa shape index (κ1) is 14.3. The van der Waals surface area contributed by atoms with E-state index < -0.39 is 0 Å². The molecule has 0 radical (unpaired) electrons. The SMILES string of the molecule is Cc1nn(C)c(C)c1C(C)NC(=O)Cn1ccnc1C. The van der Waals surface area contributed by atoms with E-state index in [1.165, 1.54) is 0 Å². The van der Waals surface area contributed by atoms with Gasteiger partial charge in [0.2, 0.25) is 5.91 Å². The van der Waals surface area contributed by atoms with E-state index in [4.69, 9.17) is 0 Å². The van der Waals surface area contributed by atoms with Crippen molar-refractivity contribution in [2.24, 2.45) is 7.05 Å². The van der Waals surface area contributed by atoms with E-state index in [0.717, 1.165) is 22.8 Å². The van der Waals surface area contributed by atoms with Crippen molar-refractivity contribution >= 4 is 5.91 Å². The third-order valence-electron chi connectivity index (χ3n) is 3.61. The van der Waals surface area contributed by atoms with E-state index in [0.29, 0.717) is 0 Å². The third kappa shape index (κ3) is 2.74. The quantitative estimate of drug-likeness (QED) is 0.917. The lowest BCUT2D eigenvalue weighted by molar-refractivity contribution is -0.122. The number of aromatic nitrogens is 4. The maximum Gasteiger partial charge on any atom is 0.240 e. The summed E-state index contributed by atoms with van der Waals surface area (Å²) < 4.78 is 3.67.